The number of hydrogen-bond donors (Lipinski definition) is 0. The van der Waals surface area contributed by atoms with Gasteiger partial charge in [-0.25, -0.2) is 0 Å². The predicted molar refractivity (Wildman–Crippen MR) is 530 cm³/mol. The van der Waals surface area contributed by atoms with Crippen molar-refractivity contribution in [3.05, 3.63) is 369 Å². The Bertz CT molecular complexity index is 5750. The van der Waals surface area contributed by atoms with Gasteiger partial charge < -0.3 is 19.3 Å². The summed E-state index contributed by atoms with van der Waals surface area (Å²) in [5.74, 6) is 2.61. The van der Waals surface area contributed by atoms with Gasteiger partial charge in [0.2, 0.25) is 0 Å². The third-order valence-corrected chi connectivity index (χ3v) is 27.6. The van der Waals surface area contributed by atoms with E-state index in [1.165, 1.54) is 115 Å². The fraction of sp³-hybridized carbons (Fsp3) is 0.208. The first-order valence-corrected chi connectivity index (χ1v) is 46.8. The predicted octanol–water partition coefficient (Wildman–Crippen LogP) is 35.1. The largest absolute Gasteiger partial charge is 0.489 e. The second-order valence-electron chi connectivity index (χ2n) is 33.1. The molecule has 0 amide bonds. The lowest BCUT2D eigenvalue weighted by Crippen LogP contribution is -2.26. The zero-order chi connectivity index (χ0) is 83.3. The second kappa shape index (κ2) is 37.3. The number of rotatable bonds is 20. The minimum absolute atomic E-state index is 0.102. The van der Waals surface area contributed by atoms with Gasteiger partial charge in [0.25, 0.3) is 0 Å². The van der Waals surface area contributed by atoms with E-state index < -0.39 is 5.41 Å². The smallest absolute Gasteiger partial charge is 0.161 e. The average molecular weight is 1980 g/mol. The second-order valence-corrected chi connectivity index (χ2v) is 41.8. The van der Waals surface area contributed by atoms with E-state index >= 15 is 0 Å². The molecule has 2 aliphatic rings. The van der Waals surface area contributed by atoms with Crippen molar-refractivity contribution in [2.24, 2.45) is 11.8 Å². The van der Waals surface area contributed by atoms with Crippen LogP contribution in [0.4, 0.5) is 34.1 Å². The van der Waals surface area contributed by atoms with Gasteiger partial charge in [-0.3, -0.25) is 0 Å². The Kier molecular flexibility index (Phi) is 27.2. The van der Waals surface area contributed by atoms with Crippen LogP contribution in [0, 0.1) is 32.6 Å². The maximum atomic E-state index is 6.59. The van der Waals surface area contributed by atoms with E-state index in [-0.39, 0.29) is 10.8 Å². The molecule has 12 heteroatoms. The molecular weight excluding hydrogens is 1880 g/mol. The van der Waals surface area contributed by atoms with Gasteiger partial charge in [-0.05, 0) is 346 Å². The molecule has 2 atom stereocenters. The number of hydrogen-bond acceptors (Lipinski definition) is 6. The maximum absolute atomic E-state index is 6.59. The van der Waals surface area contributed by atoms with Crippen LogP contribution in [0.1, 0.15) is 153 Å². The first kappa shape index (κ1) is 86.0. The van der Waals surface area contributed by atoms with Gasteiger partial charge >= 0.3 is 0 Å². The zero-order valence-corrected chi connectivity index (χ0v) is 80.2. The average Bonchev–Trinajstić information content (AvgIpc) is 1.50. The summed E-state index contributed by atoms with van der Waals surface area (Å²) in [5, 5.41) is 0. The van der Waals surface area contributed by atoms with E-state index in [0.29, 0.717) is 25.0 Å². The molecule has 12 aromatic carbocycles. The third kappa shape index (κ3) is 19.5. The number of nitrogens with zero attached hydrogens (tertiary/aromatic N) is 2. The highest BCUT2D eigenvalue weighted by Gasteiger charge is 2.53. The van der Waals surface area contributed by atoms with E-state index in [2.05, 4.69) is 493 Å². The molecule has 2 heterocycles. The van der Waals surface area contributed by atoms with Crippen LogP contribution in [0.15, 0.2) is 298 Å². The number of aryl methyl sites for hydroxylation is 3. The van der Waals surface area contributed by atoms with E-state index in [1.807, 2.05) is 0 Å². The topological polar surface area (TPSA) is 24.9 Å². The highest BCUT2D eigenvalue weighted by molar-refractivity contribution is 9.11. The standard InChI is InChI=1S/C44H42Br2N2.C36H36Br2O2.C26H20Br2S2/c1-43(2,3)33-11-23-39(24-12-33)47(41-27-15-35(45)16-28-41)37-19-7-31(8-20-37)32-9-21-38(22-10-32)48(42-29-17-36(46)18-30-42)40-25-13-34(14-26-40)44(4,5)6;1-6-21(3)19-39-34-17-29-28-11-8-23(5)14-30(28)36(33(29)18-35(34)40-20-22(4)7-2)31-15-24(37)9-12-26(31)27-13-10-25(38)16-32(27)36;1-17-3-4-18(2)23(15-17)24-16-19(6-9-21-11-13-25(27)29-21)5-7-20(24)8-10-22-12-14-26(28)30-22/h7-30H,1-6H3;8-18,21-22H,6-7,19-20H2,1-5H3;3-16H,1-2H3/b;;9-6+,10-8+. The summed E-state index contributed by atoms with van der Waals surface area (Å²) in [7, 11) is 0. The molecule has 14 aromatic rings. The van der Waals surface area contributed by atoms with E-state index in [9.17, 15) is 0 Å². The Labute approximate surface area is 758 Å². The van der Waals surface area contributed by atoms with Crippen LogP contribution in [-0.2, 0) is 16.2 Å². The third-order valence-electron chi connectivity index (χ3n) is 22.4. The van der Waals surface area contributed by atoms with E-state index in [4.69, 9.17) is 9.47 Å². The summed E-state index contributed by atoms with van der Waals surface area (Å²) in [6.07, 6.45) is 10.9. The summed E-state index contributed by atoms with van der Waals surface area (Å²) >= 11 is 25.4. The number of anilines is 6. The van der Waals surface area contributed by atoms with Crippen LogP contribution < -0.4 is 19.3 Å². The zero-order valence-electron chi connectivity index (χ0n) is 69.1. The highest BCUT2D eigenvalue weighted by atomic mass is 79.9. The van der Waals surface area contributed by atoms with Crippen molar-refractivity contribution < 1.29 is 9.47 Å². The van der Waals surface area contributed by atoms with Crippen LogP contribution >= 0.6 is 118 Å². The monoisotopic (exact) mass is 1970 g/mol. The molecule has 0 aliphatic heterocycles. The summed E-state index contributed by atoms with van der Waals surface area (Å²) in [6.45, 7) is 30.3. The molecule has 2 aromatic heterocycles. The first-order valence-electron chi connectivity index (χ1n) is 40.4. The Hall–Kier alpha value is -8.40. The SMILES string of the molecule is CC(C)(C)c1ccc(N(c2ccc(Br)cc2)c2ccc(-c3ccc(N(c4ccc(Br)cc4)c4ccc(C(C)(C)C)cc4)cc3)cc2)cc1.CCC(C)COc1cc2c(cc1OCC(C)CC)C1(c3cc(C)ccc3-2)c2cc(Br)ccc2-c2ccc(Br)cc21.Cc1ccc(C)c(-c2cc(/C=C/c3ccc(Br)s3)ccc2/C=C/c2ccc(Br)s2)c1. The molecule has 2 unspecified atom stereocenters. The van der Waals surface area contributed by atoms with Crippen LogP contribution in [0.3, 0.4) is 0 Å². The van der Waals surface area contributed by atoms with Crippen LogP contribution in [-0.4, -0.2) is 13.2 Å². The van der Waals surface area contributed by atoms with Crippen molar-refractivity contribution in [3.63, 3.8) is 0 Å². The molecule has 0 fully saturated rings. The van der Waals surface area contributed by atoms with Crippen LogP contribution in [0.5, 0.6) is 11.5 Å². The molecule has 0 radical (unpaired) electrons. The molecule has 2 aliphatic carbocycles. The van der Waals surface area contributed by atoms with Gasteiger partial charge in [0.1, 0.15) is 0 Å². The van der Waals surface area contributed by atoms with Gasteiger partial charge in [-0.1, -0.05) is 278 Å². The molecule has 0 saturated heterocycles. The lowest BCUT2D eigenvalue weighted by Gasteiger charge is -2.31. The fourth-order valence-electron chi connectivity index (χ4n) is 15.4. The fourth-order valence-corrected chi connectivity index (χ4v) is 19.3. The Morgan fingerprint density at radius 2 is 0.729 bits per heavy atom. The van der Waals surface area contributed by atoms with Crippen molar-refractivity contribution in [1.82, 2.24) is 0 Å². The molecular formula is C106H98Br6N2O2S2. The number of thiophene rings is 2. The number of halogens is 6. The molecule has 0 bridgehead atoms. The van der Waals surface area contributed by atoms with Gasteiger partial charge in [0.15, 0.2) is 11.5 Å². The summed E-state index contributed by atoms with van der Waals surface area (Å²) in [6, 6.07) is 99.4. The number of ether oxygens (including phenoxy) is 2. The highest BCUT2D eigenvalue weighted by Crippen LogP contribution is 2.65. The first-order chi connectivity index (χ1) is 56.6. The van der Waals surface area contributed by atoms with Crippen molar-refractivity contribution in [3.8, 4) is 56.0 Å². The van der Waals surface area contributed by atoms with Crippen molar-refractivity contribution >= 4 is 177 Å². The molecule has 118 heavy (non-hydrogen) atoms. The van der Waals surface area contributed by atoms with Crippen molar-refractivity contribution in [1.29, 1.82) is 0 Å². The molecule has 16 rings (SSSR count). The van der Waals surface area contributed by atoms with Crippen molar-refractivity contribution in [2.75, 3.05) is 23.0 Å². The maximum Gasteiger partial charge on any atom is 0.161 e. The molecule has 0 saturated carbocycles. The van der Waals surface area contributed by atoms with E-state index in [0.717, 1.165) is 83.9 Å². The quantitative estimate of drug-likeness (QED) is 0.0759. The van der Waals surface area contributed by atoms with Gasteiger partial charge in [0, 0.05) is 61.8 Å². The molecule has 1 spiro atoms. The lowest BCUT2D eigenvalue weighted by molar-refractivity contribution is 0.217. The normalized spacial score (nSPS) is 12.9. The Morgan fingerprint density at radius 1 is 0.347 bits per heavy atom. The number of fused-ring (bicyclic) bond motifs is 10. The van der Waals surface area contributed by atoms with Gasteiger partial charge in [0.05, 0.1) is 26.2 Å². The molecule has 0 N–H and O–H groups in total. The Balaban J connectivity index is 0.000000149. The van der Waals surface area contributed by atoms with Crippen molar-refractivity contribution in [2.45, 2.75) is 119 Å². The molecule has 598 valence electrons. The summed E-state index contributed by atoms with van der Waals surface area (Å²) in [4.78, 5) is 7.10. The van der Waals surface area contributed by atoms with Gasteiger partial charge in [-0.15, -0.1) is 22.7 Å². The molecule has 4 nitrogen and oxygen atoms in total. The van der Waals surface area contributed by atoms with E-state index in [1.54, 1.807) is 22.7 Å². The summed E-state index contributed by atoms with van der Waals surface area (Å²) in [5.41, 5.74) is 30.5. The van der Waals surface area contributed by atoms with Crippen LogP contribution in [0.25, 0.3) is 68.8 Å². The van der Waals surface area contributed by atoms with Gasteiger partial charge in [-0.2, -0.15) is 0 Å². The Morgan fingerprint density at radius 3 is 1.17 bits per heavy atom. The lowest BCUT2D eigenvalue weighted by atomic mass is 9.70. The van der Waals surface area contributed by atoms with Crippen LogP contribution in [0.2, 0.25) is 0 Å². The summed E-state index contributed by atoms with van der Waals surface area (Å²) < 4.78 is 19.7. The minimum atomic E-state index is -0.446. The minimum Gasteiger partial charge on any atom is -0.489 e. The number of benzene rings is 12.